The highest BCUT2D eigenvalue weighted by molar-refractivity contribution is 4.70. The molecule has 0 saturated heterocycles. The van der Waals surface area contributed by atoms with E-state index in [1.54, 1.807) is 13.8 Å². The molecule has 0 amide bonds. The lowest BCUT2D eigenvalue weighted by Crippen LogP contribution is -2.45. The molecule has 0 spiro atoms. The van der Waals surface area contributed by atoms with Crippen LogP contribution >= 0.6 is 0 Å². The zero-order valence-corrected chi connectivity index (χ0v) is 10.00. The molecule has 0 aromatic heterocycles. The van der Waals surface area contributed by atoms with Gasteiger partial charge in [0.05, 0.1) is 0 Å². The third kappa shape index (κ3) is 8.44. The topological polar surface area (TPSA) is 50.7 Å². The summed E-state index contributed by atoms with van der Waals surface area (Å²) in [6, 6.07) is 0. The van der Waals surface area contributed by atoms with Crippen LogP contribution in [0, 0.1) is 0 Å². The number of ether oxygens (including phenoxy) is 2. The molecule has 0 rings (SSSR count). The summed E-state index contributed by atoms with van der Waals surface area (Å²) in [6.45, 7) is 11.4. The second kappa shape index (κ2) is 5.66. The van der Waals surface area contributed by atoms with Gasteiger partial charge in [0, 0.05) is 5.54 Å². The van der Waals surface area contributed by atoms with Crippen LogP contribution in [-0.4, -0.2) is 29.5 Å². The van der Waals surface area contributed by atoms with E-state index in [0.717, 1.165) is 0 Å². The first-order valence-corrected chi connectivity index (χ1v) is 4.97. The fourth-order valence-corrected chi connectivity index (χ4v) is 1.24. The lowest BCUT2D eigenvalue weighted by molar-refractivity contribution is -0.232. The van der Waals surface area contributed by atoms with Gasteiger partial charge >= 0.3 is 0 Å². The van der Waals surface area contributed by atoms with Crippen LogP contribution in [-0.2, 0) is 9.47 Å². The lowest BCUT2D eigenvalue weighted by atomic mass is 10.1. The molecular weight excluding hydrogens is 182 g/mol. The van der Waals surface area contributed by atoms with Crippen molar-refractivity contribution in [2.45, 2.75) is 65.9 Å². The van der Waals surface area contributed by atoms with Crippen molar-refractivity contribution in [2.75, 3.05) is 0 Å². The monoisotopic (exact) mass is 205 g/mol. The number of nitrogens with one attached hydrogen (secondary N) is 1. The van der Waals surface area contributed by atoms with E-state index in [2.05, 4.69) is 26.1 Å². The van der Waals surface area contributed by atoms with Crippen molar-refractivity contribution in [3.05, 3.63) is 0 Å². The third-order valence-corrected chi connectivity index (χ3v) is 1.42. The Morgan fingerprint density at radius 2 is 1.57 bits per heavy atom. The molecule has 0 heterocycles. The van der Waals surface area contributed by atoms with Gasteiger partial charge in [0.1, 0.15) is 6.23 Å². The lowest BCUT2D eigenvalue weighted by Gasteiger charge is -2.28. The number of rotatable bonds is 5. The Labute approximate surface area is 86.6 Å². The van der Waals surface area contributed by atoms with Crippen molar-refractivity contribution in [3.63, 3.8) is 0 Å². The largest absolute Gasteiger partial charge is 0.368 e. The summed E-state index contributed by atoms with van der Waals surface area (Å²) in [5, 5.41) is 12.2. The van der Waals surface area contributed by atoms with Gasteiger partial charge in [0.2, 0.25) is 0 Å². The molecule has 0 radical (unpaired) electrons. The first-order valence-electron chi connectivity index (χ1n) is 4.97. The Hall–Kier alpha value is -0.160. The molecule has 3 atom stereocenters. The predicted octanol–water partition coefficient (Wildman–Crippen LogP) is 1.44. The Balaban J connectivity index is 3.76. The minimum atomic E-state index is -0.799. The molecule has 0 fully saturated rings. The Morgan fingerprint density at radius 1 is 1.07 bits per heavy atom. The Kier molecular flexibility index (Phi) is 5.59. The fraction of sp³-hybridized carbons (Fsp3) is 1.00. The van der Waals surface area contributed by atoms with Gasteiger partial charge < -0.3 is 14.6 Å². The number of hydrogen-bond donors (Lipinski definition) is 2. The van der Waals surface area contributed by atoms with Crippen LogP contribution in [0.2, 0.25) is 0 Å². The maximum atomic E-state index is 8.95. The third-order valence-electron chi connectivity index (χ3n) is 1.42. The molecule has 0 bridgehead atoms. The molecule has 4 heteroatoms. The fourth-order valence-electron chi connectivity index (χ4n) is 1.24. The van der Waals surface area contributed by atoms with Crippen LogP contribution in [0.25, 0.3) is 0 Å². The molecule has 3 unspecified atom stereocenters. The van der Waals surface area contributed by atoms with E-state index in [4.69, 9.17) is 14.6 Å². The molecule has 86 valence electrons. The second-order valence-electron chi connectivity index (χ2n) is 4.48. The smallest absolute Gasteiger partial charge is 0.160 e. The van der Waals surface area contributed by atoms with Gasteiger partial charge in [-0.1, -0.05) is 0 Å². The summed E-state index contributed by atoms with van der Waals surface area (Å²) < 4.78 is 10.5. The van der Waals surface area contributed by atoms with Gasteiger partial charge in [-0.3, -0.25) is 5.32 Å². The minimum absolute atomic E-state index is 0.00394. The zero-order chi connectivity index (χ0) is 11.4. The molecule has 0 aromatic rings. The van der Waals surface area contributed by atoms with Crippen LogP contribution in [0.15, 0.2) is 0 Å². The SMILES string of the molecule is CC(O)OC(C)OC(C)NC(C)(C)C. The quantitative estimate of drug-likeness (QED) is 0.667. The summed E-state index contributed by atoms with van der Waals surface area (Å²) in [5.74, 6) is 0. The van der Waals surface area contributed by atoms with Crippen molar-refractivity contribution >= 4 is 0 Å². The van der Waals surface area contributed by atoms with Crippen molar-refractivity contribution in [1.29, 1.82) is 0 Å². The zero-order valence-electron chi connectivity index (χ0n) is 10.00. The maximum absolute atomic E-state index is 8.95. The molecule has 2 N–H and O–H groups in total. The summed E-state index contributed by atoms with van der Waals surface area (Å²) in [5.41, 5.74) is 0.00394. The summed E-state index contributed by atoms with van der Waals surface area (Å²) in [4.78, 5) is 0. The maximum Gasteiger partial charge on any atom is 0.160 e. The van der Waals surface area contributed by atoms with E-state index in [0.29, 0.717) is 0 Å². The molecule has 0 aliphatic rings. The summed E-state index contributed by atoms with van der Waals surface area (Å²) >= 11 is 0. The summed E-state index contributed by atoms with van der Waals surface area (Å²) in [6.07, 6.45) is -1.32. The summed E-state index contributed by atoms with van der Waals surface area (Å²) in [7, 11) is 0. The molecule has 0 aliphatic heterocycles. The number of hydrogen-bond acceptors (Lipinski definition) is 4. The van der Waals surface area contributed by atoms with Crippen LogP contribution in [0.1, 0.15) is 41.5 Å². The Bertz CT molecular complexity index is 154. The van der Waals surface area contributed by atoms with Crippen LogP contribution in [0.5, 0.6) is 0 Å². The van der Waals surface area contributed by atoms with Crippen molar-refractivity contribution < 1.29 is 14.6 Å². The average Bonchev–Trinajstić information content (AvgIpc) is 1.77. The van der Waals surface area contributed by atoms with Gasteiger partial charge in [-0.2, -0.15) is 0 Å². The van der Waals surface area contributed by atoms with Gasteiger partial charge in [-0.25, -0.2) is 0 Å². The van der Waals surface area contributed by atoms with Crippen molar-refractivity contribution in [2.24, 2.45) is 0 Å². The molecular formula is C10H23NO3. The first-order chi connectivity index (χ1) is 6.20. The minimum Gasteiger partial charge on any atom is -0.368 e. The standard InChI is InChI=1S/C10H23NO3/c1-7(11-10(4,5)6)13-9(3)14-8(2)12/h7-9,11-12H,1-6H3. The number of aliphatic hydroxyl groups excluding tert-OH is 1. The van der Waals surface area contributed by atoms with Gasteiger partial charge in [-0.05, 0) is 41.5 Å². The van der Waals surface area contributed by atoms with Gasteiger partial charge in [-0.15, -0.1) is 0 Å². The Morgan fingerprint density at radius 3 is 1.93 bits per heavy atom. The van der Waals surface area contributed by atoms with Crippen LogP contribution in [0.4, 0.5) is 0 Å². The van der Waals surface area contributed by atoms with Gasteiger partial charge in [0.25, 0.3) is 0 Å². The second-order valence-corrected chi connectivity index (χ2v) is 4.48. The van der Waals surface area contributed by atoms with Crippen LogP contribution < -0.4 is 5.32 Å². The number of aliphatic hydroxyl groups is 1. The normalized spacial score (nSPS) is 19.1. The molecule has 14 heavy (non-hydrogen) atoms. The highest BCUT2D eigenvalue weighted by atomic mass is 16.7. The average molecular weight is 205 g/mol. The molecule has 0 aliphatic carbocycles. The van der Waals surface area contributed by atoms with E-state index >= 15 is 0 Å². The molecule has 0 aromatic carbocycles. The highest BCUT2D eigenvalue weighted by Gasteiger charge is 2.16. The highest BCUT2D eigenvalue weighted by Crippen LogP contribution is 2.05. The van der Waals surface area contributed by atoms with Gasteiger partial charge in [0.15, 0.2) is 12.6 Å². The molecule has 4 nitrogen and oxygen atoms in total. The van der Waals surface area contributed by atoms with E-state index in [1.165, 1.54) is 0 Å². The van der Waals surface area contributed by atoms with Crippen molar-refractivity contribution in [1.82, 2.24) is 5.32 Å². The van der Waals surface area contributed by atoms with E-state index in [9.17, 15) is 0 Å². The van der Waals surface area contributed by atoms with E-state index in [-0.39, 0.29) is 11.8 Å². The van der Waals surface area contributed by atoms with E-state index < -0.39 is 12.6 Å². The van der Waals surface area contributed by atoms with Crippen LogP contribution in [0.3, 0.4) is 0 Å². The first kappa shape index (κ1) is 13.8. The molecule has 0 saturated carbocycles. The van der Waals surface area contributed by atoms with E-state index in [1.807, 2.05) is 6.92 Å². The predicted molar refractivity (Wildman–Crippen MR) is 55.7 cm³/mol. The van der Waals surface area contributed by atoms with Crippen molar-refractivity contribution in [3.8, 4) is 0 Å².